The number of pyridine rings is 1. The highest BCUT2D eigenvalue weighted by atomic mass is 79.9. The monoisotopic (exact) mass is 376 g/mol. The van der Waals surface area contributed by atoms with Crippen molar-refractivity contribution in [2.24, 2.45) is 5.73 Å². The van der Waals surface area contributed by atoms with Crippen LogP contribution >= 0.6 is 27.5 Å². The minimum atomic E-state index is -0.314. The van der Waals surface area contributed by atoms with Crippen LogP contribution in [0.3, 0.4) is 0 Å². The molecule has 0 radical (unpaired) electrons. The molecular formula is C17H14BrClN2O. The number of aromatic nitrogens is 1. The van der Waals surface area contributed by atoms with E-state index in [0.29, 0.717) is 10.4 Å². The number of fused-ring (bicyclic) bond motifs is 1. The highest BCUT2D eigenvalue weighted by molar-refractivity contribution is 9.10. The first-order valence-electron chi connectivity index (χ1n) is 6.86. The van der Waals surface area contributed by atoms with E-state index >= 15 is 0 Å². The number of nitrogens with two attached hydrogens (primary N) is 1. The molecule has 0 aliphatic carbocycles. The number of hydrogen-bond acceptors (Lipinski definition) is 2. The van der Waals surface area contributed by atoms with Crippen molar-refractivity contribution in [2.75, 3.05) is 0 Å². The van der Waals surface area contributed by atoms with Crippen LogP contribution in [-0.2, 0) is 0 Å². The van der Waals surface area contributed by atoms with Gasteiger partial charge < -0.3 is 5.73 Å². The van der Waals surface area contributed by atoms with E-state index in [1.165, 1.54) is 0 Å². The lowest BCUT2D eigenvalue weighted by atomic mass is 10.1. The molecule has 3 aromatic rings. The summed E-state index contributed by atoms with van der Waals surface area (Å²) in [5.74, 6) is 0. The molecule has 3 rings (SSSR count). The zero-order valence-corrected chi connectivity index (χ0v) is 14.2. The second kappa shape index (κ2) is 5.88. The lowest BCUT2D eigenvalue weighted by Crippen LogP contribution is -2.26. The summed E-state index contributed by atoms with van der Waals surface area (Å²) in [6, 6.07) is 14.5. The number of para-hydroxylation sites is 1. The Morgan fingerprint density at radius 2 is 1.82 bits per heavy atom. The third-order valence-electron chi connectivity index (χ3n) is 3.58. The Morgan fingerprint density at radius 1 is 1.14 bits per heavy atom. The highest BCUT2D eigenvalue weighted by Gasteiger charge is 2.20. The SMILES string of the molecule is CC(N)c1c(Br)c2cccc(Cl)c2c(=O)n1-c1ccccc1. The summed E-state index contributed by atoms with van der Waals surface area (Å²) < 4.78 is 2.42. The highest BCUT2D eigenvalue weighted by Crippen LogP contribution is 2.33. The number of halogens is 2. The fraction of sp³-hybridized carbons (Fsp3) is 0.118. The van der Waals surface area contributed by atoms with Gasteiger partial charge in [-0.3, -0.25) is 9.36 Å². The van der Waals surface area contributed by atoms with Crippen molar-refractivity contribution >= 4 is 38.3 Å². The maximum atomic E-state index is 13.0. The van der Waals surface area contributed by atoms with E-state index in [0.717, 1.165) is 21.2 Å². The maximum absolute atomic E-state index is 13.0. The summed E-state index contributed by atoms with van der Waals surface area (Å²) in [6.45, 7) is 1.86. The first-order valence-corrected chi connectivity index (χ1v) is 8.03. The summed E-state index contributed by atoms with van der Waals surface area (Å²) in [5.41, 5.74) is 7.46. The Balaban J connectivity index is 2.55. The zero-order chi connectivity index (χ0) is 15.9. The van der Waals surface area contributed by atoms with Gasteiger partial charge in [0.1, 0.15) is 0 Å². The summed E-state index contributed by atoms with van der Waals surface area (Å²) in [7, 11) is 0. The van der Waals surface area contributed by atoms with Gasteiger partial charge in [0.2, 0.25) is 0 Å². The van der Waals surface area contributed by atoms with Crippen LogP contribution in [0.1, 0.15) is 18.7 Å². The molecule has 0 aliphatic heterocycles. The molecule has 22 heavy (non-hydrogen) atoms. The number of rotatable bonds is 2. The molecule has 0 amide bonds. The zero-order valence-electron chi connectivity index (χ0n) is 11.9. The van der Waals surface area contributed by atoms with Crippen LogP contribution in [0.25, 0.3) is 16.5 Å². The van der Waals surface area contributed by atoms with Gasteiger partial charge in [0.25, 0.3) is 5.56 Å². The summed E-state index contributed by atoms with van der Waals surface area (Å²) >= 11 is 9.86. The molecule has 0 bridgehead atoms. The standard InChI is InChI=1S/C17H14BrClN2O/c1-10(20)16-15(18)12-8-5-9-13(19)14(12)17(22)21(16)11-6-3-2-4-7-11/h2-10H,20H2,1H3. The van der Waals surface area contributed by atoms with Crippen LogP contribution in [0.5, 0.6) is 0 Å². The van der Waals surface area contributed by atoms with E-state index in [1.54, 1.807) is 10.6 Å². The molecule has 0 fully saturated rings. The van der Waals surface area contributed by atoms with Crippen LogP contribution < -0.4 is 11.3 Å². The van der Waals surface area contributed by atoms with Gasteiger partial charge in [0.05, 0.1) is 16.1 Å². The van der Waals surface area contributed by atoms with E-state index in [2.05, 4.69) is 15.9 Å². The van der Waals surface area contributed by atoms with Crippen LogP contribution in [0.2, 0.25) is 5.02 Å². The Kier molecular flexibility index (Phi) is 4.08. The van der Waals surface area contributed by atoms with Gasteiger partial charge in [-0.25, -0.2) is 0 Å². The summed E-state index contributed by atoms with van der Waals surface area (Å²) in [6.07, 6.45) is 0. The summed E-state index contributed by atoms with van der Waals surface area (Å²) in [4.78, 5) is 13.0. The quantitative estimate of drug-likeness (QED) is 0.718. The first kappa shape index (κ1) is 15.3. The molecule has 5 heteroatoms. The molecule has 0 saturated carbocycles. The van der Waals surface area contributed by atoms with Crippen molar-refractivity contribution in [3.8, 4) is 5.69 Å². The second-order valence-electron chi connectivity index (χ2n) is 5.13. The van der Waals surface area contributed by atoms with Crippen molar-refractivity contribution in [1.82, 2.24) is 4.57 Å². The normalized spacial score (nSPS) is 12.5. The van der Waals surface area contributed by atoms with Gasteiger partial charge in [-0.2, -0.15) is 0 Å². The van der Waals surface area contributed by atoms with Gasteiger partial charge >= 0.3 is 0 Å². The summed E-state index contributed by atoms with van der Waals surface area (Å²) in [5, 5.41) is 1.70. The molecule has 0 saturated heterocycles. The minimum Gasteiger partial charge on any atom is -0.323 e. The third-order valence-corrected chi connectivity index (χ3v) is 4.73. The largest absolute Gasteiger partial charge is 0.323 e. The van der Waals surface area contributed by atoms with Crippen molar-refractivity contribution in [2.45, 2.75) is 13.0 Å². The average Bonchev–Trinajstić information content (AvgIpc) is 2.50. The van der Waals surface area contributed by atoms with Gasteiger partial charge in [-0.1, -0.05) is 41.9 Å². The maximum Gasteiger partial charge on any atom is 0.264 e. The van der Waals surface area contributed by atoms with Crippen LogP contribution in [0, 0.1) is 0 Å². The molecule has 2 aromatic carbocycles. The minimum absolute atomic E-state index is 0.165. The lowest BCUT2D eigenvalue weighted by Gasteiger charge is -2.20. The number of benzene rings is 2. The fourth-order valence-electron chi connectivity index (χ4n) is 2.62. The molecule has 1 atom stereocenters. The molecule has 0 spiro atoms. The molecule has 2 N–H and O–H groups in total. The van der Waals surface area contributed by atoms with Gasteiger partial charge in [-0.05, 0) is 41.1 Å². The third kappa shape index (κ3) is 2.37. The number of hydrogen-bond donors (Lipinski definition) is 1. The Bertz CT molecular complexity index is 904. The van der Waals surface area contributed by atoms with Crippen molar-refractivity contribution in [3.05, 3.63) is 74.1 Å². The smallest absolute Gasteiger partial charge is 0.264 e. The number of nitrogens with zero attached hydrogens (tertiary/aromatic N) is 1. The van der Waals surface area contributed by atoms with Crippen LogP contribution in [0.4, 0.5) is 0 Å². The van der Waals surface area contributed by atoms with E-state index in [9.17, 15) is 4.79 Å². The van der Waals surface area contributed by atoms with Crippen LogP contribution in [-0.4, -0.2) is 4.57 Å². The van der Waals surface area contributed by atoms with Crippen molar-refractivity contribution in [1.29, 1.82) is 0 Å². The molecule has 112 valence electrons. The predicted molar refractivity (Wildman–Crippen MR) is 94.9 cm³/mol. The molecule has 1 aromatic heterocycles. The van der Waals surface area contributed by atoms with Crippen molar-refractivity contribution in [3.63, 3.8) is 0 Å². The van der Waals surface area contributed by atoms with Gasteiger partial charge in [-0.15, -0.1) is 0 Å². The Hall–Kier alpha value is -1.62. The van der Waals surface area contributed by atoms with E-state index in [1.807, 2.05) is 49.4 Å². The predicted octanol–water partition coefficient (Wildman–Crippen LogP) is 4.43. The van der Waals surface area contributed by atoms with Gasteiger partial charge in [0.15, 0.2) is 0 Å². The molecule has 3 nitrogen and oxygen atoms in total. The van der Waals surface area contributed by atoms with E-state index in [-0.39, 0.29) is 11.6 Å². The topological polar surface area (TPSA) is 48.0 Å². The van der Waals surface area contributed by atoms with E-state index < -0.39 is 0 Å². The second-order valence-corrected chi connectivity index (χ2v) is 6.33. The van der Waals surface area contributed by atoms with Crippen LogP contribution in [0.15, 0.2) is 57.8 Å². The molecule has 1 heterocycles. The fourth-order valence-corrected chi connectivity index (χ4v) is 3.74. The first-order chi connectivity index (χ1) is 10.5. The average molecular weight is 378 g/mol. The van der Waals surface area contributed by atoms with Crippen molar-refractivity contribution < 1.29 is 0 Å². The van der Waals surface area contributed by atoms with Gasteiger partial charge in [0, 0.05) is 21.6 Å². The molecular weight excluding hydrogens is 364 g/mol. The Labute approximate surface area is 141 Å². The lowest BCUT2D eigenvalue weighted by molar-refractivity contribution is 0.729. The molecule has 1 unspecified atom stereocenters. The molecule has 0 aliphatic rings. The van der Waals surface area contributed by atoms with E-state index in [4.69, 9.17) is 17.3 Å². The Morgan fingerprint density at radius 3 is 2.45 bits per heavy atom.